The summed E-state index contributed by atoms with van der Waals surface area (Å²) in [5, 5.41) is 6.36. The highest BCUT2D eigenvalue weighted by Crippen LogP contribution is 2.33. The molecule has 5 nitrogen and oxygen atoms in total. The minimum atomic E-state index is -0.154. The molecule has 2 amide bonds. The van der Waals surface area contributed by atoms with Crippen molar-refractivity contribution in [1.82, 2.24) is 10.6 Å². The van der Waals surface area contributed by atoms with Gasteiger partial charge in [0.15, 0.2) is 23.0 Å². The molecule has 3 atom stereocenters. The standard InChI is InChI=1S/C10H15IN2O3S/c11-16-8(14)4-2-1-3-7-9-6(5-17-7)12-10(15)13-9/h6-7,9H,1-5H2,(H2,12,13,15)/t6?,7-,9?/m1/s1. The van der Waals surface area contributed by atoms with Gasteiger partial charge in [-0.15, -0.1) is 0 Å². The van der Waals surface area contributed by atoms with Crippen LogP contribution in [-0.4, -0.2) is 35.1 Å². The number of unbranched alkanes of at least 4 members (excludes halogenated alkanes) is 1. The first-order valence-electron chi connectivity index (χ1n) is 5.71. The Morgan fingerprint density at radius 3 is 3.06 bits per heavy atom. The predicted molar refractivity (Wildman–Crippen MR) is 74.1 cm³/mol. The molecular formula is C10H15IN2O3S. The number of amides is 2. The Balaban J connectivity index is 1.66. The topological polar surface area (TPSA) is 67.4 Å². The van der Waals surface area contributed by atoms with E-state index < -0.39 is 0 Å². The molecule has 0 bridgehead atoms. The Labute approximate surface area is 118 Å². The van der Waals surface area contributed by atoms with E-state index in [-0.39, 0.29) is 24.1 Å². The van der Waals surface area contributed by atoms with Gasteiger partial charge in [0.1, 0.15) is 0 Å². The quantitative estimate of drug-likeness (QED) is 0.438. The first kappa shape index (κ1) is 13.3. The van der Waals surface area contributed by atoms with E-state index in [2.05, 4.69) is 13.7 Å². The van der Waals surface area contributed by atoms with E-state index >= 15 is 0 Å². The average molecular weight is 370 g/mol. The maximum Gasteiger partial charge on any atom is 0.315 e. The molecule has 2 aliphatic rings. The lowest BCUT2D eigenvalue weighted by Gasteiger charge is -2.16. The predicted octanol–water partition coefficient (Wildman–Crippen LogP) is 1.61. The molecule has 0 aromatic rings. The molecule has 2 unspecified atom stereocenters. The van der Waals surface area contributed by atoms with Crippen LogP contribution >= 0.6 is 34.8 Å². The highest BCUT2D eigenvalue weighted by molar-refractivity contribution is 14.1. The zero-order chi connectivity index (χ0) is 12.3. The van der Waals surface area contributed by atoms with Crippen molar-refractivity contribution < 1.29 is 12.7 Å². The second-order valence-corrected chi connectivity index (χ2v) is 6.03. The first-order chi connectivity index (χ1) is 8.20. The summed E-state index contributed by atoms with van der Waals surface area (Å²) in [6.45, 7) is 0. The lowest BCUT2D eigenvalue weighted by Crippen LogP contribution is -2.36. The SMILES string of the molecule is O=C1NC2CS[C@H](CCCCC(=O)OI)C2N1. The molecule has 0 radical (unpaired) electrons. The molecular weight excluding hydrogens is 355 g/mol. The summed E-state index contributed by atoms with van der Waals surface area (Å²) in [6.07, 6.45) is 3.39. The molecule has 2 fully saturated rings. The zero-order valence-corrected chi connectivity index (χ0v) is 12.3. The van der Waals surface area contributed by atoms with Gasteiger partial charge >= 0.3 is 12.0 Å². The monoisotopic (exact) mass is 370 g/mol. The van der Waals surface area contributed by atoms with Crippen LogP contribution in [0.1, 0.15) is 25.7 Å². The van der Waals surface area contributed by atoms with Crippen LogP contribution in [0.4, 0.5) is 4.79 Å². The molecule has 0 spiro atoms. The molecule has 0 aliphatic carbocycles. The van der Waals surface area contributed by atoms with Crippen molar-refractivity contribution in [1.29, 1.82) is 0 Å². The Bertz CT molecular complexity index is 316. The summed E-state index contributed by atoms with van der Waals surface area (Å²) >= 11 is 3.52. The number of thioether (sulfide) groups is 1. The highest BCUT2D eigenvalue weighted by atomic mass is 127. The summed E-state index contributed by atoms with van der Waals surface area (Å²) in [5.74, 6) is 0.836. The fourth-order valence-corrected chi connectivity index (χ4v) is 4.06. The Morgan fingerprint density at radius 1 is 1.47 bits per heavy atom. The number of fused-ring (bicyclic) bond motifs is 1. The van der Waals surface area contributed by atoms with Gasteiger partial charge in [-0.25, -0.2) is 4.79 Å². The van der Waals surface area contributed by atoms with Crippen LogP contribution in [0.15, 0.2) is 0 Å². The number of hydrogen-bond acceptors (Lipinski definition) is 4. The van der Waals surface area contributed by atoms with E-state index in [9.17, 15) is 9.59 Å². The van der Waals surface area contributed by atoms with Crippen LogP contribution in [-0.2, 0) is 7.86 Å². The smallest absolute Gasteiger partial charge is 0.315 e. The number of halogens is 1. The molecule has 0 aromatic carbocycles. The molecule has 2 saturated heterocycles. The van der Waals surface area contributed by atoms with Gasteiger partial charge in [0.25, 0.3) is 0 Å². The van der Waals surface area contributed by atoms with Crippen LogP contribution in [0.2, 0.25) is 0 Å². The third-order valence-corrected chi connectivity index (χ3v) is 5.14. The fourth-order valence-electron chi connectivity index (χ4n) is 2.30. The van der Waals surface area contributed by atoms with Gasteiger partial charge in [-0.1, -0.05) is 6.42 Å². The number of urea groups is 1. The van der Waals surface area contributed by atoms with Gasteiger partial charge in [0.05, 0.1) is 12.1 Å². The van der Waals surface area contributed by atoms with Gasteiger partial charge in [0.2, 0.25) is 0 Å². The van der Waals surface area contributed by atoms with E-state index in [0.29, 0.717) is 11.7 Å². The number of rotatable bonds is 5. The minimum absolute atomic E-state index is 0.0428. The van der Waals surface area contributed by atoms with Crippen molar-refractivity contribution in [3.05, 3.63) is 0 Å². The largest absolute Gasteiger partial charge is 0.394 e. The van der Waals surface area contributed by atoms with Gasteiger partial charge < -0.3 is 13.7 Å². The lowest BCUT2D eigenvalue weighted by molar-refractivity contribution is -0.131. The third kappa shape index (κ3) is 3.40. The maximum atomic E-state index is 11.2. The zero-order valence-electron chi connectivity index (χ0n) is 9.28. The van der Waals surface area contributed by atoms with Crippen molar-refractivity contribution in [2.24, 2.45) is 0 Å². The van der Waals surface area contributed by atoms with Gasteiger partial charge in [-0.05, 0) is 12.8 Å². The Morgan fingerprint density at radius 2 is 2.29 bits per heavy atom. The second kappa shape index (κ2) is 6.12. The van der Waals surface area contributed by atoms with Crippen molar-refractivity contribution in [2.45, 2.75) is 43.0 Å². The van der Waals surface area contributed by atoms with Crippen LogP contribution in [0.25, 0.3) is 0 Å². The van der Waals surface area contributed by atoms with E-state index in [0.717, 1.165) is 25.0 Å². The Kier molecular flexibility index (Phi) is 4.78. The van der Waals surface area contributed by atoms with Crippen molar-refractivity contribution in [3.63, 3.8) is 0 Å². The van der Waals surface area contributed by atoms with Crippen LogP contribution in [0, 0.1) is 0 Å². The van der Waals surface area contributed by atoms with Gasteiger partial charge in [0, 0.05) is 17.4 Å². The Hall–Kier alpha value is -0.180. The molecule has 96 valence electrons. The maximum absolute atomic E-state index is 11.2. The summed E-state index contributed by atoms with van der Waals surface area (Å²) in [4.78, 5) is 22.1. The van der Waals surface area contributed by atoms with Crippen LogP contribution < -0.4 is 10.6 Å². The summed E-state index contributed by atoms with van der Waals surface area (Å²) in [7, 11) is 0. The van der Waals surface area contributed by atoms with Gasteiger partial charge in [-0.3, -0.25) is 4.79 Å². The fraction of sp³-hybridized carbons (Fsp3) is 0.800. The molecule has 7 heteroatoms. The van der Waals surface area contributed by atoms with Crippen molar-refractivity contribution >= 4 is 46.8 Å². The van der Waals surface area contributed by atoms with Gasteiger partial charge in [-0.2, -0.15) is 11.8 Å². The van der Waals surface area contributed by atoms with E-state index in [4.69, 9.17) is 0 Å². The van der Waals surface area contributed by atoms with Crippen LogP contribution in [0.3, 0.4) is 0 Å². The average Bonchev–Trinajstić information content (AvgIpc) is 2.84. The molecule has 2 heterocycles. The molecule has 2 N–H and O–H groups in total. The molecule has 17 heavy (non-hydrogen) atoms. The first-order valence-corrected chi connectivity index (χ1v) is 7.63. The third-order valence-electron chi connectivity index (χ3n) is 3.14. The van der Waals surface area contributed by atoms with Crippen LogP contribution in [0.5, 0.6) is 0 Å². The summed E-state index contributed by atoms with van der Waals surface area (Å²) < 4.78 is 4.56. The lowest BCUT2D eigenvalue weighted by atomic mass is 10.0. The normalized spacial score (nSPS) is 30.6. The minimum Gasteiger partial charge on any atom is -0.394 e. The number of carbonyl (C=O) groups excluding carboxylic acids is 2. The van der Waals surface area contributed by atoms with Crippen molar-refractivity contribution in [3.8, 4) is 0 Å². The molecule has 0 saturated carbocycles. The van der Waals surface area contributed by atoms with Crippen molar-refractivity contribution in [2.75, 3.05) is 5.75 Å². The number of carbonyl (C=O) groups is 2. The molecule has 2 rings (SSSR count). The number of hydrogen-bond donors (Lipinski definition) is 2. The summed E-state index contributed by atoms with van der Waals surface area (Å²) in [6, 6.07) is 0.514. The van der Waals surface area contributed by atoms with E-state index in [1.165, 1.54) is 0 Å². The molecule has 0 aromatic heterocycles. The number of nitrogens with one attached hydrogen (secondary N) is 2. The summed E-state index contributed by atoms with van der Waals surface area (Å²) in [5.41, 5.74) is 0. The highest BCUT2D eigenvalue weighted by Gasteiger charge is 2.42. The van der Waals surface area contributed by atoms with E-state index in [1.807, 2.05) is 11.8 Å². The van der Waals surface area contributed by atoms with E-state index in [1.54, 1.807) is 23.0 Å². The molecule has 2 aliphatic heterocycles. The second-order valence-electron chi connectivity index (χ2n) is 4.32.